The zero-order chi connectivity index (χ0) is 20.9. The maximum Gasteiger partial charge on any atom is 0.253 e. The molecular formula is C22H30N4O4. The van der Waals surface area contributed by atoms with Crippen LogP contribution >= 0.6 is 0 Å². The average molecular weight is 415 g/mol. The first kappa shape index (κ1) is 21.0. The van der Waals surface area contributed by atoms with Gasteiger partial charge in [-0.05, 0) is 5.56 Å². The Labute approximate surface area is 176 Å². The minimum atomic E-state index is -0.608. The van der Waals surface area contributed by atoms with E-state index in [4.69, 9.17) is 4.74 Å². The smallest absolute Gasteiger partial charge is 0.253 e. The van der Waals surface area contributed by atoms with Gasteiger partial charge in [-0.3, -0.25) is 19.4 Å². The van der Waals surface area contributed by atoms with Gasteiger partial charge in [-0.25, -0.2) is 0 Å². The van der Waals surface area contributed by atoms with E-state index in [-0.39, 0.29) is 6.54 Å². The van der Waals surface area contributed by atoms with Crippen molar-refractivity contribution in [3.63, 3.8) is 0 Å². The molecule has 8 heteroatoms. The van der Waals surface area contributed by atoms with Gasteiger partial charge in [-0.15, -0.1) is 0 Å². The summed E-state index contributed by atoms with van der Waals surface area (Å²) in [5, 5.41) is 13.3. The summed E-state index contributed by atoms with van der Waals surface area (Å²) >= 11 is 0. The van der Waals surface area contributed by atoms with Crippen molar-refractivity contribution in [1.82, 2.24) is 9.80 Å². The van der Waals surface area contributed by atoms with Crippen LogP contribution in [0.4, 0.5) is 11.4 Å². The molecule has 8 nitrogen and oxygen atoms in total. The third kappa shape index (κ3) is 4.89. The number of β-amino-alcohol motifs (C(OH)–C–C–N with tert-alkyl or cyclic N) is 1. The molecule has 1 unspecified atom stereocenters. The number of ether oxygens (including phenoxy) is 1. The first-order valence-electron chi connectivity index (χ1n) is 10.7. The number of rotatable bonds is 8. The zero-order valence-electron chi connectivity index (χ0n) is 17.3. The lowest BCUT2D eigenvalue weighted by Crippen LogP contribution is -2.51. The summed E-state index contributed by atoms with van der Waals surface area (Å²) in [5.41, 5.74) is 1.22. The molecule has 0 amide bonds. The molecule has 2 N–H and O–H groups in total. The second-order valence-electron chi connectivity index (χ2n) is 8.08. The van der Waals surface area contributed by atoms with Crippen LogP contribution in [0.1, 0.15) is 5.56 Å². The third-order valence-corrected chi connectivity index (χ3v) is 5.91. The summed E-state index contributed by atoms with van der Waals surface area (Å²) in [7, 11) is 0. The molecule has 0 bridgehead atoms. The highest BCUT2D eigenvalue weighted by Gasteiger charge is 2.29. The Hall–Kier alpha value is -2.26. The first-order valence-corrected chi connectivity index (χ1v) is 10.7. The standard InChI is InChI=1S/C22H30N4O4/c27-18(16-25-10-12-30-13-11-25)14-23-19-20(22(29)21(19)28)26-8-6-24(7-9-26)15-17-4-2-1-3-5-17/h1-5,18,23,27H,6-16H2. The van der Waals surface area contributed by atoms with Gasteiger partial charge in [0.25, 0.3) is 10.9 Å². The first-order chi connectivity index (χ1) is 14.6. The quantitative estimate of drug-likeness (QED) is 0.570. The number of nitrogens with zero attached hydrogens (tertiary/aromatic N) is 3. The number of morpholine rings is 1. The summed E-state index contributed by atoms with van der Waals surface area (Å²) in [4.78, 5) is 30.8. The Morgan fingerprint density at radius 1 is 0.933 bits per heavy atom. The molecular weight excluding hydrogens is 384 g/mol. The van der Waals surface area contributed by atoms with Crippen molar-refractivity contribution in [2.75, 3.05) is 75.8 Å². The molecule has 2 aliphatic rings. The Morgan fingerprint density at radius 3 is 2.33 bits per heavy atom. The fraction of sp³-hybridized carbons (Fsp3) is 0.545. The lowest BCUT2D eigenvalue weighted by atomic mass is 10.1. The molecule has 2 fully saturated rings. The maximum absolute atomic E-state index is 12.2. The lowest BCUT2D eigenvalue weighted by molar-refractivity contribution is 0.0171. The van der Waals surface area contributed by atoms with Crippen molar-refractivity contribution in [2.45, 2.75) is 12.6 Å². The summed E-state index contributed by atoms with van der Waals surface area (Å²) in [5.74, 6) is 0. The summed E-state index contributed by atoms with van der Waals surface area (Å²) in [6.45, 7) is 7.73. The number of anilines is 2. The van der Waals surface area contributed by atoms with Gasteiger partial charge >= 0.3 is 0 Å². The molecule has 2 saturated heterocycles. The fourth-order valence-electron chi connectivity index (χ4n) is 4.18. The second-order valence-corrected chi connectivity index (χ2v) is 8.08. The minimum Gasteiger partial charge on any atom is -0.390 e. The van der Waals surface area contributed by atoms with Gasteiger partial charge in [-0.1, -0.05) is 30.3 Å². The number of hydrogen-bond acceptors (Lipinski definition) is 8. The van der Waals surface area contributed by atoms with Crippen molar-refractivity contribution < 1.29 is 9.84 Å². The van der Waals surface area contributed by atoms with E-state index >= 15 is 0 Å². The van der Waals surface area contributed by atoms with Crippen LogP contribution in [0.2, 0.25) is 0 Å². The van der Waals surface area contributed by atoms with Crippen LogP contribution in [0.25, 0.3) is 0 Å². The molecule has 0 aromatic heterocycles. The van der Waals surface area contributed by atoms with E-state index in [1.54, 1.807) is 0 Å². The van der Waals surface area contributed by atoms with E-state index in [2.05, 4.69) is 27.2 Å². The zero-order valence-corrected chi connectivity index (χ0v) is 17.3. The van der Waals surface area contributed by atoms with Crippen LogP contribution in [0.15, 0.2) is 39.9 Å². The Bertz CT molecular complexity index is 882. The van der Waals surface area contributed by atoms with Gasteiger partial charge in [0.1, 0.15) is 11.4 Å². The lowest BCUT2D eigenvalue weighted by Gasteiger charge is -2.37. The molecule has 30 heavy (non-hydrogen) atoms. The topological polar surface area (TPSA) is 85.3 Å². The number of piperazine rings is 1. The number of nitrogens with one attached hydrogen (secondary N) is 1. The van der Waals surface area contributed by atoms with Crippen molar-refractivity contribution in [3.05, 3.63) is 56.3 Å². The van der Waals surface area contributed by atoms with Crippen molar-refractivity contribution >= 4 is 11.4 Å². The molecule has 2 heterocycles. The third-order valence-electron chi connectivity index (χ3n) is 5.91. The van der Waals surface area contributed by atoms with Crippen LogP contribution < -0.4 is 21.1 Å². The van der Waals surface area contributed by atoms with Crippen LogP contribution in [-0.2, 0) is 11.3 Å². The highest BCUT2D eigenvalue weighted by molar-refractivity contribution is 5.75. The van der Waals surface area contributed by atoms with Gasteiger partial charge in [0.2, 0.25) is 0 Å². The molecule has 1 atom stereocenters. The fourth-order valence-corrected chi connectivity index (χ4v) is 4.18. The maximum atomic E-state index is 12.2. The van der Waals surface area contributed by atoms with Crippen molar-refractivity contribution in [1.29, 1.82) is 0 Å². The predicted molar refractivity (Wildman–Crippen MR) is 117 cm³/mol. The van der Waals surface area contributed by atoms with Gasteiger partial charge in [-0.2, -0.15) is 0 Å². The highest BCUT2D eigenvalue weighted by atomic mass is 16.5. The van der Waals surface area contributed by atoms with Crippen molar-refractivity contribution in [2.24, 2.45) is 0 Å². The molecule has 0 radical (unpaired) electrons. The molecule has 2 aromatic carbocycles. The van der Waals surface area contributed by atoms with Crippen LogP contribution in [0.3, 0.4) is 0 Å². The van der Waals surface area contributed by atoms with Crippen molar-refractivity contribution in [3.8, 4) is 0 Å². The van der Waals surface area contributed by atoms with E-state index in [0.717, 1.165) is 32.7 Å². The second kappa shape index (κ2) is 9.70. The summed E-state index contributed by atoms with van der Waals surface area (Å²) < 4.78 is 5.32. The number of aliphatic hydroxyl groups excluding tert-OH is 1. The van der Waals surface area contributed by atoms with Gasteiger partial charge < -0.3 is 20.1 Å². The van der Waals surface area contributed by atoms with Crippen LogP contribution in [-0.4, -0.2) is 86.6 Å². The Balaban J connectivity index is 1.29. The van der Waals surface area contributed by atoms with E-state index in [9.17, 15) is 14.7 Å². The van der Waals surface area contributed by atoms with Gasteiger partial charge in [0.05, 0.1) is 19.3 Å². The molecule has 2 aliphatic heterocycles. The molecule has 0 saturated carbocycles. The minimum absolute atomic E-state index is 0.253. The average Bonchev–Trinajstić information content (AvgIpc) is 2.78. The summed E-state index contributed by atoms with van der Waals surface area (Å²) in [6, 6.07) is 10.3. The Morgan fingerprint density at radius 2 is 1.63 bits per heavy atom. The normalized spacial score (nSPS) is 19.8. The SMILES string of the molecule is O=c1c(NCC(O)CN2CCOCC2)c(N2CCN(Cc3ccccc3)CC2)c1=O. The largest absolute Gasteiger partial charge is 0.390 e. The predicted octanol–water partition coefficient (Wildman–Crippen LogP) is -0.290. The number of aliphatic hydroxyl groups is 1. The monoisotopic (exact) mass is 414 g/mol. The van der Waals surface area contributed by atoms with Crippen LogP contribution in [0.5, 0.6) is 0 Å². The number of benzene rings is 1. The van der Waals surface area contributed by atoms with E-state index in [1.807, 2.05) is 23.1 Å². The Kier molecular flexibility index (Phi) is 6.79. The van der Waals surface area contributed by atoms with E-state index < -0.39 is 17.0 Å². The molecule has 0 spiro atoms. The molecule has 4 rings (SSSR count). The molecule has 0 aliphatic carbocycles. The van der Waals surface area contributed by atoms with E-state index in [0.29, 0.717) is 44.2 Å². The number of hydrogen-bond donors (Lipinski definition) is 2. The molecule has 162 valence electrons. The summed E-state index contributed by atoms with van der Waals surface area (Å²) in [6.07, 6.45) is -0.608. The van der Waals surface area contributed by atoms with Crippen LogP contribution in [0, 0.1) is 0 Å². The van der Waals surface area contributed by atoms with E-state index in [1.165, 1.54) is 5.56 Å². The highest BCUT2D eigenvalue weighted by Crippen LogP contribution is 2.22. The van der Waals surface area contributed by atoms with Gasteiger partial charge in [0, 0.05) is 58.9 Å². The molecule has 2 aromatic rings. The van der Waals surface area contributed by atoms with Gasteiger partial charge in [0.15, 0.2) is 0 Å².